The molecule has 0 fully saturated rings. The highest BCUT2D eigenvalue weighted by molar-refractivity contribution is 5.29. The third kappa shape index (κ3) is 3.05. The van der Waals surface area contributed by atoms with E-state index in [9.17, 15) is 4.39 Å². The number of halogens is 1. The summed E-state index contributed by atoms with van der Waals surface area (Å²) >= 11 is 0. The molecule has 1 heterocycles. The number of hydrogen-bond acceptors (Lipinski definition) is 3. The van der Waals surface area contributed by atoms with Crippen molar-refractivity contribution in [3.63, 3.8) is 0 Å². The number of nitrogens with zero attached hydrogens (tertiary/aromatic N) is 1. The average Bonchev–Trinajstić information content (AvgIpc) is 2.41. The summed E-state index contributed by atoms with van der Waals surface area (Å²) in [5, 5.41) is 0. The summed E-state index contributed by atoms with van der Waals surface area (Å²) in [5.41, 5.74) is 7.85. The third-order valence-electron chi connectivity index (χ3n) is 2.64. The fourth-order valence-corrected chi connectivity index (χ4v) is 1.53. The first-order chi connectivity index (χ1) is 8.69. The minimum absolute atomic E-state index is 0.229. The van der Waals surface area contributed by atoms with Gasteiger partial charge in [-0.3, -0.25) is 4.98 Å². The Morgan fingerprint density at radius 1 is 1.28 bits per heavy atom. The Hall–Kier alpha value is -1.94. The van der Waals surface area contributed by atoms with E-state index in [1.165, 1.54) is 6.07 Å². The van der Waals surface area contributed by atoms with Crippen molar-refractivity contribution in [1.29, 1.82) is 0 Å². The molecule has 94 valence electrons. The number of pyridine rings is 1. The maximum atomic E-state index is 13.1. The van der Waals surface area contributed by atoms with Crippen LogP contribution in [0.5, 0.6) is 5.75 Å². The molecule has 4 heteroatoms. The molecule has 0 bridgehead atoms. The fraction of sp³-hybridized carbons (Fsp3) is 0.214. The molecule has 0 radical (unpaired) electrons. The van der Waals surface area contributed by atoms with Crippen LogP contribution in [0.3, 0.4) is 0 Å². The lowest BCUT2D eigenvalue weighted by Crippen LogP contribution is -2.01. The summed E-state index contributed by atoms with van der Waals surface area (Å²) in [6.07, 6.45) is 1.73. The summed E-state index contributed by atoms with van der Waals surface area (Å²) in [4.78, 5) is 4.23. The zero-order chi connectivity index (χ0) is 13.0. The van der Waals surface area contributed by atoms with E-state index in [0.29, 0.717) is 24.5 Å². The molecule has 0 aliphatic carbocycles. The quantitative estimate of drug-likeness (QED) is 0.902. The van der Waals surface area contributed by atoms with Crippen LogP contribution < -0.4 is 10.5 Å². The summed E-state index contributed by atoms with van der Waals surface area (Å²) in [7, 11) is 0. The molecule has 2 rings (SSSR count). The number of ether oxygens (including phenoxy) is 1. The molecule has 1 aromatic carbocycles. The molecule has 0 aliphatic rings. The second-order valence-corrected chi connectivity index (χ2v) is 4.06. The van der Waals surface area contributed by atoms with Crippen molar-refractivity contribution in [3.05, 3.63) is 59.2 Å². The van der Waals surface area contributed by atoms with Crippen LogP contribution >= 0.6 is 0 Å². The first-order valence-electron chi connectivity index (χ1n) is 5.72. The number of aryl methyl sites for hydroxylation is 1. The SMILES string of the molecule is Cc1cc(OCc2ccc(CN)cn2)ccc1F. The highest BCUT2D eigenvalue weighted by Gasteiger charge is 2.01. The second-order valence-electron chi connectivity index (χ2n) is 4.06. The Morgan fingerprint density at radius 3 is 2.72 bits per heavy atom. The molecular formula is C14H15FN2O. The Morgan fingerprint density at radius 2 is 2.11 bits per heavy atom. The van der Waals surface area contributed by atoms with Crippen LogP contribution in [0, 0.1) is 12.7 Å². The molecule has 0 saturated heterocycles. The average molecular weight is 246 g/mol. The number of nitrogens with two attached hydrogens (primary N) is 1. The molecular weight excluding hydrogens is 231 g/mol. The predicted molar refractivity (Wildman–Crippen MR) is 67.6 cm³/mol. The maximum Gasteiger partial charge on any atom is 0.130 e. The first-order valence-corrected chi connectivity index (χ1v) is 5.72. The van der Waals surface area contributed by atoms with E-state index in [0.717, 1.165) is 11.3 Å². The molecule has 0 aliphatic heterocycles. The molecule has 0 atom stereocenters. The van der Waals surface area contributed by atoms with Crippen LogP contribution in [0.4, 0.5) is 4.39 Å². The smallest absolute Gasteiger partial charge is 0.130 e. The van der Waals surface area contributed by atoms with Crippen molar-refractivity contribution in [2.75, 3.05) is 0 Å². The van der Waals surface area contributed by atoms with Gasteiger partial charge >= 0.3 is 0 Å². The van der Waals surface area contributed by atoms with Gasteiger partial charge < -0.3 is 10.5 Å². The normalized spacial score (nSPS) is 10.4. The summed E-state index contributed by atoms with van der Waals surface area (Å²) in [6.45, 7) is 2.54. The van der Waals surface area contributed by atoms with Crippen LogP contribution in [-0.4, -0.2) is 4.98 Å². The van der Waals surface area contributed by atoms with Gasteiger partial charge in [-0.05, 0) is 42.3 Å². The minimum Gasteiger partial charge on any atom is -0.487 e. The van der Waals surface area contributed by atoms with E-state index in [4.69, 9.17) is 10.5 Å². The fourth-order valence-electron chi connectivity index (χ4n) is 1.53. The zero-order valence-corrected chi connectivity index (χ0v) is 10.2. The second kappa shape index (κ2) is 5.60. The van der Waals surface area contributed by atoms with Crippen molar-refractivity contribution in [2.45, 2.75) is 20.1 Å². The molecule has 18 heavy (non-hydrogen) atoms. The highest BCUT2D eigenvalue weighted by atomic mass is 19.1. The molecule has 2 N–H and O–H groups in total. The van der Waals surface area contributed by atoms with Gasteiger partial charge in [0.1, 0.15) is 18.2 Å². The zero-order valence-electron chi connectivity index (χ0n) is 10.2. The maximum absolute atomic E-state index is 13.1. The number of rotatable bonds is 4. The molecule has 3 nitrogen and oxygen atoms in total. The van der Waals surface area contributed by atoms with E-state index in [1.807, 2.05) is 12.1 Å². The van der Waals surface area contributed by atoms with Gasteiger partial charge in [0.2, 0.25) is 0 Å². The summed E-state index contributed by atoms with van der Waals surface area (Å²) < 4.78 is 18.6. The lowest BCUT2D eigenvalue weighted by Gasteiger charge is -2.07. The topological polar surface area (TPSA) is 48.1 Å². The molecule has 0 spiro atoms. The van der Waals surface area contributed by atoms with Gasteiger partial charge in [-0.15, -0.1) is 0 Å². The monoisotopic (exact) mass is 246 g/mol. The van der Waals surface area contributed by atoms with Crippen molar-refractivity contribution in [2.24, 2.45) is 5.73 Å². The van der Waals surface area contributed by atoms with Crippen molar-refractivity contribution < 1.29 is 9.13 Å². The Bertz CT molecular complexity index is 526. The van der Waals surface area contributed by atoms with E-state index in [2.05, 4.69) is 4.98 Å². The van der Waals surface area contributed by atoms with Crippen LogP contribution in [0.15, 0.2) is 36.5 Å². The predicted octanol–water partition coefficient (Wildman–Crippen LogP) is 2.57. The standard InChI is InChI=1S/C14H15FN2O/c1-10-6-13(4-5-14(10)15)18-9-12-3-2-11(7-16)8-17-12/h2-6,8H,7,9,16H2,1H3. The first kappa shape index (κ1) is 12.5. The Balaban J connectivity index is 1.99. The largest absolute Gasteiger partial charge is 0.487 e. The minimum atomic E-state index is -0.229. The van der Waals surface area contributed by atoms with E-state index in [-0.39, 0.29) is 5.82 Å². The van der Waals surface area contributed by atoms with Gasteiger partial charge in [-0.25, -0.2) is 4.39 Å². The summed E-state index contributed by atoms with van der Waals surface area (Å²) in [5.74, 6) is 0.409. The van der Waals surface area contributed by atoms with Gasteiger partial charge in [0.15, 0.2) is 0 Å². The van der Waals surface area contributed by atoms with E-state index >= 15 is 0 Å². The van der Waals surface area contributed by atoms with Gasteiger partial charge in [0.05, 0.1) is 5.69 Å². The summed E-state index contributed by atoms with van der Waals surface area (Å²) in [6, 6.07) is 8.47. The van der Waals surface area contributed by atoms with Crippen LogP contribution in [-0.2, 0) is 13.2 Å². The van der Waals surface area contributed by atoms with Crippen LogP contribution in [0.25, 0.3) is 0 Å². The van der Waals surface area contributed by atoms with Crippen molar-refractivity contribution in [3.8, 4) is 5.75 Å². The lowest BCUT2D eigenvalue weighted by molar-refractivity contribution is 0.300. The van der Waals surface area contributed by atoms with Gasteiger partial charge in [0, 0.05) is 12.7 Å². The number of benzene rings is 1. The van der Waals surface area contributed by atoms with Gasteiger partial charge in [-0.2, -0.15) is 0 Å². The third-order valence-corrected chi connectivity index (χ3v) is 2.64. The Labute approximate surface area is 105 Å². The van der Waals surface area contributed by atoms with Gasteiger partial charge in [-0.1, -0.05) is 6.07 Å². The molecule has 0 saturated carbocycles. The molecule has 1 aromatic heterocycles. The van der Waals surface area contributed by atoms with Crippen LogP contribution in [0.1, 0.15) is 16.8 Å². The molecule has 2 aromatic rings. The molecule has 0 amide bonds. The van der Waals surface area contributed by atoms with E-state index in [1.54, 1.807) is 25.3 Å². The van der Waals surface area contributed by atoms with Crippen molar-refractivity contribution >= 4 is 0 Å². The lowest BCUT2D eigenvalue weighted by atomic mass is 10.2. The number of aromatic nitrogens is 1. The number of hydrogen-bond donors (Lipinski definition) is 1. The van der Waals surface area contributed by atoms with Gasteiger partial charge in [0.25, 0.3) is 0 Å². The molecule has 0 unspecified atom stereocenters. The highest BCUT2D eigenvalue weighted by Crippen LogP contribution is 2.17. The van der Waals surface area contributed by atoms with Crippen LogP contribution in [0.2, 0.25) is 0 Å². The van der Waals surface area contributed by atoms with Crippen molar-refractivity contribution in [1.82, 2.24) is 4.98 Å². The Kier molecular flexibility index (Phi) is 3.89. The van der Waals surface area contributed by atoms with E-state index < -0.39 is 0 Å².